The van der Waals surface area contributed by atoms with Crippen molar-refractivity contribution in [2.24, 2.45) is 0 Å². The number of carbonyl (C=O) groups is 1. The van der Waals surface area contributed by atoms with Crippen LogP contribution in [0.15, 0.2) is 36.3 Å². The fourth-order valence-electron chi connectivity index (χ4n) is 0.654. The van der Waals surface area contributed by atoms with E-state index in [1.807, 2.05) is 0 Å². The van der Waals surface area contributed by atoms with E-state index in [2.05, 4.69) is 11.9 Å². The molecule has 3 nitrogen and oxygen atoms in total. The molecule has 3 heteroatoms. The maximum absolute atomic E-state index is 10.6. The summed E-state index contributed by atoms with van der Waals surface area (Å²) in [7, 11) is 0. The van der Waals surface area contributed by atoms with Gasteiger partial charge in [-0.1, -0.05) is 12.7 Å². The van der Waals surface area contributed by atoms with Gasteiger partial charge in [0.2, 0.25) is 5.91 Å². The molecule has 0 rings (SSSR count). The fraction of sp³-hybridized carbons (Fsp3) is 0.222. The van der Waals surface area contributed by atoms with Gasteiger partial charge < -0.3 is 10.4 Å². The van der Waals surface area contributed by atoms with Gasteiger partial charge in [-0.2, -0.15) is 0 Å². The average molecular weight is 167 g/mol. The highest BCUT2D eigenvalue weighted by atomic mass is 16.3. The lowest BCUT2D eigenvalue weighted by Crippen LogP contribution is -2.20. The SMILES string of the molecule is C=C/C=C(NC(C)=O)\C(O)=C/C. The van der Waals surface area contributed by atoms with Gasteiger partial charge in [0.25, 0.3) is 0 Å². The average Bonchev–Trinajstić information content (AvgIpc) is 2.01. The monoisotopic (exact) mass is 167 g/mol. The molecule has 0 heterocycles. The first kappa shape index (κ1) is 10.5. The largest absolute Gasteiger partial charge is 0.506 e. The second-order valence-electron chi connectivity index (χ2n) is 2.17. The molecule has 66 valence electrons. The van der Waals surface area contributed by atoms with Gasteiger partial charge in [-0.25, -0.2) is 0 Å². The van der Waals surface area contributed by atoms with Crippen molar-refractivity contribution in [3.63, 3.8) is 0 Å². The molecule has 12 heavy (non-hydrogen) atoms. The number of amides is 1. The van der Waals surface area contributed by atoms with Crippen molar-refractivity contribution >= 4 is 5.91 Å². The van der Waals surface area contributed by atoms with Crippen LogP contribution in [-0.4, -0.2) is 11.0 Å². The minimum atomic E-state index is -0.225. The van der Waals surface area contributed by atoms with Gasteiger partial charge in [0.05, 0.1) is 5.70 Å². The molecule has 0 fully saturated rings. The Morgan fingerprint density at radius 1 is 1.58 bits per heavy atom. The molecule has 0 aromatic carbocycles. The number of nitrogens with one attached hydrogen (secondary N) is 1. The van der Waals surface area contributed by atoms with Crippen LogP contribution in [0.1, 0.15) is 13.8 Å². The number of aliphatic hydroxyl groups is 1. The quantitative estimate of drug-likeness (QED) is 0.496. The Labute approximate surface area is 72.1 Å². The summed E-state index contributed by atoms with van der Waals surface area (Å²) in [5.41, 5.74) is 0.361. The lowest BCUT2D eigenvalue weighted by atomic mass is 10.3. The number of aliphatic hydroxyl groups excluding tert-OH is 1. The molecule has 0 radical (unpaired) electrons. The van der Waals surface area contributed by atoms with E-state index in [9.17, 15) is 9.90 Å². The standard InChI is InChI=1S/C9H13NO2/c1-4-6-8(9(12)5-2)10-7(3)11/h4-6,12H,1H2,2-3H3,(H,10,11)/b8-6+,9-5+. The predicted octanol–water partition coefficient (Wildman–Crippen LogP) is 1.65. The van der Waals surface area contributed by atoms with Gasteiger partial charge in [0.1, 0.15) is 5.76 Å². The molecule has 0 aliphatic carbocycles. The second kappa shape index (κ2) is 5.18. The summed E-state index contributed by atoms with van der Waals surface area (Å²) < 4.78 is 0. The van der Waals surface area contributed by atoms with Crippen LogP contribution in [0.2, 0.25) is 0 Å². The number of rotatable bonds is 3. The van der Waals surface area contributed by atoms with E-state index >= 15 is 0 Å². The Balaban J connectivity index is 4.56. The van der Waals surface area contributed by atoms with Crippen molar-refractivity contribution < 1.29 is 9.90 Å². The van der Waals surface area contributed by atoms with Gasteiger partial charge in [-0.3, -0.25) is 4.79 Å². The maximum Gasteiger partial charge on any atom is 0.221 e. The van der Waals surface area contributed by atoms with E-state index in [0.717, 1.165) is 0 Å². The summed E-state index contributed by atoms with van der Waals surface area (Å²) in [4.78, 5) is 10.6. The van der Waals surface area contributed by atoms with Crippen molar-refractivity contribution in [3.05, 3.63) is 36.3 Å². The van der Waals surface area contributed by atoms with Crippen molar-refractivity contribution in [2.45, 2.75) is 13.8 Å². The lowest BCUT2D eigenvalue weighted by molar-refractivity contribution is -0.118. The first-order valence-corrected chi connectivity index (χ1v) is 3.57. The minimum Gasteiger partial charge on any atom is -0.506 e. The van der Waals surface area contributed by atoms with Crippen LogP contribution < -0.4 is 5.32 Å². The van der Waals surface area contributed by atoms with E-state index in [1.54, 1.807) is 6.92 Å². The zero-order chi connectivity index (χ0) is 9.56. The summed E-state index contributed by atoms with van der Waals surface area (Å²) in [6.45, 7) is 6.51. The highest BCUT2D eigenvalue weighted by molar-refractivity contribution is 5.75. The molecule has 2 N–H and O–H groups in total. The van der Waals surface area contributed by atoms with Crippen molar-refractivity contribution in [3.8, 4) is 0 Å². The number of hydrogen-bond donors (Lipinski definition) is 2. The molecule has 0 atom stereocenters. The van der Waals surface area contributed by atoms with Gasteiger partial charge in [0, 0.05) is 6.92 Å². The normalized spacial score (nSPS) is 12.5. The van der Waals surface area contributed by atoms with E-state index < -0.39 is 0 Å². The zero-order valence-corrected chi connectivity index (χ0v) is 7.29. The number of carbonyl (C=O) groups excluding carboxylic acids is 1. The van der Waals surface area contributed by atoms with Crippen LogP contribution >= 0.6 is 0 Å². The predicted molar refractivity (Wildman–Crippen MR) is 48.5 cm³/mol. The van der Waals surface area contributed by atoms with Crippen LogP contribution in [-0.2, 0) is 4.79 Å². The molecular weight excluding hydrogens is 154 g/mol. The van der Waals surface area contributed by atoms with Crippen LogP contribution in [0.5, 0.6) is 0 Å². The minimum absolute atomic E-state index is 0.0325. The van der Waals surface area contributed by atoms with Gasteiger partial charge in [-0.05, 0) is 19.1 Å². The second-order valence-corrected chi connectivity index (χ2v) is 2.17. The smallest absolute Gasteiger partial charge is 0.221 e. The lowest BCUT2D eigenvalue weighted by Gasteiger charge is -2.05. The van der Waals surface area contributed by atoms with E-state index in [1.165, 1.54) is 25.2 Å². The number of allylic oxidation sites excluding steroid dienone is 3. The molecular formula is C9H13NO2. The summed E-state index contributed by atoms with van der Waals surface area (Å²) in [5, 5.41) is 11.7. The molecule has 0 saturated carbocycles. The summed E-state index contributed by atoms with van der Waals surface area (Å²) in [6, 6.07) is 0. The zero-order valence-electron chi connectivity index (χ0n) is 7.29. The summed E-state index contributed by atoms with van der Waals surface area (Å²) in [6.07, 6.45) is 4.51. The van der Waals surface area contributed by atoms with Gasteiger partial charge in [0.15, 0.2) is 0 Å². The molecule has 0 bridgehead atoms. The Hall–Kier alpha value is -1.51. The summed E-state index contributed by atoms with van der Waals surface area (Å²) >= 11 is 0. The van der Waals surface area contributed by atoms with Crippen LogP contribution in [0.25, 0.3) is 0 Å². The van der Waals surface area contributed by atoms with E-state index in [0.29, 0.717) is 5.70 Å². The maximum atomic E-state index is 10.6. The molecule has 0 aliphatic heterocycles. The molecule has 0 saturated heterocycles. The third kappa shape index (κ3) is 3.61. The Morgan fingerprint density at radius 3 is 2.50 bits per heavy atom. The molecule has 0 aromatic rings. The molecule has 0 spiro atoms. The highest BCUT2D eigenvalue weighted by Gasteiger charge is 2.01. The highest BCUT2D eigenvalue weighted by Crippen LogP contribution is 2.02. The van der Waals surface area contributed by atoms with Crippen molar-refractivity contribution in [1.29, 1.82) is 0 Å². The van der Waals surface area contributed by atoms with E-state index in [-0.39, 0.29) is 11.7 Å². The molecule has 0 unspecified atom stereocenters. The van der Waals surface area contributed by atoms with Crippen molar-refractivity contribution in [2.75, 3.05) is 0 Å². The Morgan fingerprint density at radius 2 is 2.17 bits per heavy atom. The van der Waals surface area contributed by atoms with Crippen LogP contribution in [0, 0.1) is 0 Å². The first-order valence-electron chi connectivity index (χ1n) is 3.57. The topological polar surface area (TPSA) is 49.3 Å². The van der Waals surface area contributed by atoms with E-state index in [4.69, 9.17) is 0 Å². The first-order chi connectivity index (χ1) is 5.61. The number of hydrogen-bond acceptors (Lipinski definition) is 2. The fourth-order valence-corrected chi connectivity index (χ4v) is 0.654. The van der Waals surface area contributed by atoms with Crippen LogP contribution in [0.3, 0.4) is 0 Å². The Kier molecular flexibility index (Phi) is 4.53. The third-order valence-corrected chi connectivity index (χ3v) is 1.14. The van der Waals surface area contributed by atoms with Crippen LogP contribution in [0.4, 0.5) is 0 Å². The third-order valence-electron chi connectivity index (χ3n) is 1.14. The van der Waals surface area contributed by atoms with Crippen molar-refractivity contribution in [1.82, 2.24) is 5.32 Å². The Bertz CT molecular complexity index is 239. The molecule has 0 aromatic heterocycles. The molecule has 0 aliphatic rings. The summed E-state index contributed by atoms with van der Waals surface area (Å²) in [5.74, 6) is -0.193. The molecule has 1 amide bonds. The van der Waals surface area contributed by atoms with Gasteiger partial charge in [-0.15, -0.1) is 0 Å². The van der Waals surface area contributed by atoms with Gasteiger partial charge >= 0.3 is 0 Å².